The topological polar surface area (TPSA) is 40.7 Å². The summed E-state index contributed by atoms with van der Waals surface area (Å²) in [6.07, 6.45) is 5.62. The summed E-state index contributed by atoms with van der Waals surface area (Å²) >= 11 is 6.50. The van der Waals surface area contributed by atoms with Crippen LogP contribution in [0.3, 0.4) is 0 Å². The second-order valence-corrected chi connectivity index (χ2v) is 4.32. The zero-order chi connectivity index (χ0) is 11.0. The van der Waals surface area contributed by atoms with E-state index in [-0.39, 0.29) is 0 Å². The molecule has 0 radical (unpaired) electrons. The van der Waals surface area contributed by atoms with E-state index in [0.717, 1.165) is 16.9 Å². The van der Waals surface area contributed by atoms with Crippen molar-refractivity contribution in [3.05, 3.63) is 53.9 Å². The van der Waals surface area contributed by atoms with Crippen molar-refractivity contribution < 1.29 is 0 Å². The molecule has 1 aromatic carbocycles. The van der Waals surface area contributed by atoms with Gasteiger partial charge in [-0.2, -0.15) is 5.10 Å². The van der Waals surface area contributed by atoms with Crippen molar-refractivity contribution in [2.45, 2.75) is 5.00 Å². The van der Waals surface area contributed by atoms with Crippen LogP contribution in [-0.2, 0) is 5.00 Å². The lowest BCUT2D eigenvalue weighted by Gasteiger charge is -2.29. The second-order valence-electron chi connectivity index (χ2n) is 3.73. The molecule has 0 bridgehead atoms. The van der Waals surface area contributed by atoms with Gasteiger partial charge in [0.05, 0.1) is 5.69 Å². The fourth-order valence-corrected chi connectivity index (χ4v) is 2.08. The number of rotatable bonds is 1. The first-order valence-electron chi connectivity index (χ1n) is 5.03. The number of fused-ring (bicyclic) bond motifs is 1. The molecule has 1 unspecified atom stereocenters. The summed E-state index contributed by atoms with van der Waals surface area (Å²) in [4.78, 5) is -0.731. The monoisotopic (exact) mass is 231 g/mol. The van der Waals surface area contributed by atoms with Crippen molar-refractivity contribution >= 4 is 23.4 Å². The summed E-state index contributed by atoms with van der Waals surface area (Å²) in [5.41, 5.74) is 2.99. The highest BCUT2D eigenvalue weighted by Gasteiger charge is 2.30. The van der Waals surface area contributed by atoms with Crippen LogP contribution >= 0.6 is 11.6 Å². The lowest BCUT2D eigenvalue weighted by Crippen LogP contribution is -2.29. The third-order valence-corrected chi connectivity index (χ3v) is 3.09. The predicted octanol–water partition coefficient (Wildman–Crippen LogP) is 2.94. The van der Waals surface area contributed by atoms with Crippen molar-refractivity contribution in [1.29, 1.82) is 0 Å². The number of halogens is 1. The van der Waals surface area contributed by atoms with Gasteiger partial charge in [-0.1, -0.05) is 35.9 Å². The van der Waals surface area contributed by atoms with Gasteiger partial charge in [0.1, 0.15) is 0 Å². The smallest absolute Gasteiger partial charge is 0.174 e. The zero-order valence-electron chi connectivity index (χ0n) is 8.44. The molecule has 0 aliphatic carbocycles. The van der Waals surface area contributed by atoms with Gasteiger partial charge in [-0.15, -0.1) is 0 Å². The first-order valence-corrected chi connectivity index (χ1v) is 5.41. The molecule has 80 valence electrons. The minimum atomic E-state index is -0.731. The van der Waals surface area contributed by atoms with Gasteiger partial charge in [0.2, 0.25) is 0 Å². The molecule has 1 aliphatic heterocycles. The fourth-order valence-electron chi connectivity index (χ4n) is 1.81. The molecular formula is C12H10ClN3. The van der Waals surface area contributed by atoms with E-state index in [1.807, 2.05) is 42.5 Å². The molecule has 1 aromatic heterocycles. The molecule has 0 saturated carbocycles. The van der Waals surface area contributed by atoms with E-state index >= 15 is 0 Å². The summed E-state index contributed by atoms with van der Waals surface area (Å²) in [7, 11) is 0. The number of aromatic amines is 1. The molecule has 16 heavy (non-hydrogen) atoms. The first-order chi connectivity index (χ1) is 7.78. The maximum Gasteiger partial charge on any atom is 0.174 e. The Labute approximate surface area is 98.1 Å². The van der Waals surface area contributed by atoms with Crippen LogP contribution in [0.1, 0.15) is 11.3 Å². The van der Waals surface area contributed by atoms with Crippen molar-refractivity contribution in [3.8, 4) is 0 Å². The predicted molar refractivity (Wildman–Crippen MR) is 65.2 cm³/mol. The number of nitrogens with one attached hydrogen (secondary N) is 2. The number of hydrogen-bond donors (Lipinski definition) is 2. The van der Waals surface area contributed by atoms with Gasteiger partial charge >= 0.3 is 0 Å². The summed E-state index contributed by atoms with van der Waals surface area (Å²) in [5.74, 6) is 0. The van der Waals surface area contributed by atoms with Crippen molar-refractivity contribution in [2.75, 3.05) is 5.32 Å². The van der Waals surface area contributed by atoms with E-state index in [9.17, 15) is 0 Å². The Morgan fingerprint density at radius 3 is 2.88 bits per heavy atom. The number of benzene rings is 1. The number of para-hydroxylation sites is 1. The van der Waals surface area contributed by atoms with E-state index in [4.69, 9.17) is 11.6 Å². The van der Waals surface area contributed by atoms with Crippen LogP contribution in [0.25, 0.3) is 6.08 Å². The highest BCUT2D eigenvalue weighted by molar-refractivity contribution is 6.27. The Kier molecular flexibility index (Phi) is 2.01. The van der Waals surface area contributed by atoms with Crippen LogP contribution in [0.5, 0.6) is 0 Å². The van der Waals surface area contributed by atoms with Gasteiger partial charge in [-0.3, -0.25) is 5.10 Å². The number of alkyl halides is 1. The first kappa shape index (κ1) is 9.48. The summed E-state index contributed by atoms with van der Waals surface area (Å²) in [6, 6.07) is 9.89. The Morgan fingerprint density at radius 1 is 1.19 bits per heavy atom. The van der Waals surface area contributed by atoms with Crippen LogP contribution in [0.4, 0.5) is 5.69 Å². The maximum atomic E-state index is 6.50. The van der Waals surface area contributed by atoms with Crippen LogP contribution in [-0.4, -0.2) is 10.2 Å². The molecule has 3 nitrogen and oxygen atoms in total. The third kappa shape index (κ3) is 1.41. The average molecular weight is 232 g/mol. The summed E-state index contributed by atoms with van der Waals surface area (Å²) < 4.78 is 0. The molecule has 1 aliphatic rings. The molecule has 2 heterocycles. The average Bonchev–Trinajstić information content (AvgIpc) is 2.83. The Balaban J connectivity index is 2.05. The number of H-pyrrole nitrogens is 1. The minimum absolute atomic E-state index is 0.731. The maximum absolute atomic E-state index is 6.50. The van der Waals surface area contributed by atoms with E-state index in [1.54, 1.807) is 6.20 Å². The van der Waals surface area contributed by atoms with E-state index in [0.29, 0.717) is 0 Å². The molecule has 2 aromatic rings. The molecule has 0 fully saturated rings. The number of aromatic nitrogens is 2. The van der Waals surface area contributed by atoms with Gasteiger partial charge in [0, 0.05) is 11.9 Å². The molecule has 4 heteroatoms. The molecule has 0 spiro atoms. The van der Waals surface area contributed by atoms with Gasteiger partial charge in [0.15, 0.2) is 5.00 Å². The van der Waals surface area contributed by atoms with Crippen molar-refractivity contribution in [2.24, 2.45) is 0 Å². The number of hydrogen-bond acceptors (Lipinski definition) is 2. The highest BCUT2D eigenvalue weighted by Crippen LogP contribution is 2.36. The molecule has 0 amide bonds. The zero-order valence-corrected chi connectivity index (χ0v) is 9.20. The SMILES string of the molecule is ClC1(c2ccn[nH]2)C=Cc2ccccc2N1. The van der Waals surface area contributed by atoms with Crippen LogP contribution in [0.2, 0.25) is 0 Å². The lowest BCUT2D eigenvalue weighted by molar-refractivity contribution is 0.818. The van der Waals surface area contributed by atoms with Gasteiger partial charge in [-0.05, 0) is 23.8 Å². The van der Waals surface area contributed by atoms with E-state index < -0.39 is 5.00 Å². The lowest BCUT2D eigenvalue weighted by atomic mass is 10.0. The van der Waals surface area contributed by atoms with Crippen LogP contribution < -0.4 is 5.32 Å². The van der Waals surface area contributed by atoms with E-state index in [2.05, 4.69) is 15.5 Å². The van der Waals surface area contributed by atoms with Crippen LogP contribution in [0.15, 0.2) is 42.6 Å². The molecule has 1 atom stereocenters. The summed E-state index contributed by atoms with van der Waals surface area (Å²) in [5, 5.41) is 10.1. The largest absolute Gasteiger partial charge is 0.358 e. The third-order valence-electron chi connectivity index (χ3n) is 2.66. The van der Waals surface area contributed by atoms with Gasteiger partial charge in [-0.25, -0.2) is 0 Å². The Hall–Kier alpha value is -1.74. The summed E-state index contributed by atoms with van der Waals surface area (Å²) in [6.45, 7) is 0. The van der Waals surface area contributed by atoms with Crippen molar-refractivity contribution in [1.82, 2.24) is 10.2 Å². The number of anilines is 1. The number of nitrogens with zero attached hydrogens (tertiary/aromatic N) is 1. The van der Waals surface area contributed by atoms with Gasteiger partial charge in [0.25, 0.3) is 0 Å². The highest BCUT2D eigenvalue weighted by atomic mass is 35.5. The fraction of sp³-hybridized carbons (Fsp3) is 0.0833. The second kappa shape index (κ2) is 3.39. The Morgan fingerprint density at radius 2 is 2.06 bits per heavy atom. The molecule has 0 saturated heterocycles. The van der Waals surface area contributed by atoms with E-state index in [1.165, 1.54) is 0 Å². The minimum Gasteiger partial charge on any atom is -0.358 e. The molecule has 3 rings (SSSR count). The quantitative estimate of drug-likeness (QED) is 0.585. The van der Waals surface area contributed by atoms with Crippen LogP contribution in [0, 0.1) is 0 Å². The van der Waals surface area contributed by atoms with Crippen molar-refractivity contribution in [3.63, 3.8) is 0 Å². The Bertz CT molecular complexity index is 533. The standard InChI is InChI=1S/C12H10ClN3/c13-12(11-6-8-14-16-11)7-5-9-3-1-2-4-10(9)15-12/h1-8,15H,(H,14,16). The normalized spacial score (nSPS) is 22.6. The molecule has 2 N–H and O–H groups in total. The molecular weight excluding hydrogens is 222 g/mol. The van der Waals surface area contributed by atoms with Gasteiger partial charge < -0.3 is 5.32 Å².